The van der Waals surface area contributed by atoms with Gasteiger partial charge in [0.15, 0.2) is 9.87 Å². The predicted molar refractivity (Wildman–Crippen MR) is 64.4 cm³/mol. The Morgan fingerprint density at radius 1 is 1.33 bits per heavy atom. The zero-order valence-electron chi connectivity index (χ0n) is 7.39. The van der Waals surface area contributed by atoms with Gasteiger partial charge in [0.25, 0.3) is 6.65 Å². The monoisotopic (exact) mass is 291 g/mol. The van der Waals surface area contributed by atoms with Crippen molar-refractivity contribution in [3.63, 3.8) is 0 Å². The summed E-state index contributed by atoms with van der Waals surface area (Å²) in [5.41, 5.74) is 26.1. The van der Waals surface area contributed by atoms with Crippen LogP contribution in [0.2, 0.25) is 0 Å². The number of thioether (sulfide) groups is 1. The molecule has 0 bridgehead atoms. The summed E-state index contributed by atoms with van der Waals surface area (Å²) in [6, 6.07) is 0. The molecule has 13 heteroatoms. The fourth-order valence-electron chi connectivity index (χ4n) is 0.744. The van der Waals surface area contributed by atoms with Crippen LogP contribution in [0.3, 0.4) is 0 Å². The summed E-state index contributed by atoms with van der Waals surface area (Å²) in [5, 5.41) is 3.76. The maximum Gasteiger partial charge on any atom is 0.317 e. The molecule has 1 heterocycles. The van der Waals surface area contributed by atoms with E-state index >= 15 is 0 Å². The summed E-state index contributed by atoms with van der Waals surface area (Å²) >= 11 is 1.66. The van der Waals surface area contributed by atoms with Crippen molar-refractivity contribution < 1.29 is 9.13 Å². The first-order valence-corrected chi connectivity index (χ1v) is 9.43. The minimum absolute atomic E-state index is 0.108. The maximum atomic E-state index is 11.4. The third-order valence-corrected chi connectivity index (χ3v) is 6.49. The molecule has 0 radical (unpaired) electrons. The summed E-state index contributed by atoms with van der Waals surface area (Å²) < 4.78 is 22.7. The molecule has 0 aliphatic carbocycles. The Labute approximate surface area is 94.3 Å². The number of nitrogens with two attached hydrogens (primary N) is 5. The molecule has 0 spiro atoms. The van der Waals surface area contributed by atoms with E-state index in [0.29, 0.717) is 11.4 Å². The number of hydrazone groups is 1. The number of hydrogen-bond acceptors (Lipinski definition) is 6. The van der Waals surface area contributed by atoms with E-state index in [1.807, 2.05) is 0 Å². The van der Waals surface area contributed by atoms with Crippen molar-refractivity contribution in [2.45, 2.75) is 4.71 Å². The smallest absolute Gasteiger partial charge is 0.317 e. The topological polar surface area (TPSA) is 180 Å². The van der Waals surface area contributed by atoms with Crippen LogP contribution >= 0.6 is 37.4 Å². The zero-order valence-corrected chi connectivity index (χ0v) is 10.8. The van der Waals surface area contributed by atoms with Crippen LogP contribution in [0.4, 0.5) is 0 Å². The van der Waals surface area contributed by atoms with Gasteiger partial charge in [-0.15, -0.1) is 5.10 Å². The van der Waals surface area contributed by atoms with Gasteiger partial charge in [-0.05, 0) is 23.1 Å². The van der Waals surface area contributed by atoms with Crippen LogP contribution in [-0.2, 0) is 9.13 Å². The largest absolute Gasteiger partial charge is 0.377 e. The first-order chi connectivity index (χ1) is 6.59. The normalized spacial score (nSPS) is 23.1. The standard InChI is InChI=1S/C2H11N7O2P2S2/c3-1-8-9(12(4,5)10)2(14-1)15-13(6,7)11/h2H,(H2,3,8)(H4,4,5,10)(H4,6,7,11). The molecule has 0 amide bonds. The lowest BCUT2D eigenvalue weighted by Crippen LogP contribution is -2.27. The lowest BCUT2D eigenvalue weighted by atomic mass is 11.3. The van der Waals surface area contributed by atoms with E-state index in [2.05, 4.69) is 5.10 Å². The Kier molecular flexibility index (Phi) is 3.79. The van der Waals surface area contributed by atoms with Gasteiger partial charge in [-0.1, -0.05) is 0 Å². The van der Waals surface area contributed by atoms with E-state index in [1.54, 1.807) is 0 Å². The molecule has 0 aromatic heterocycles. The highest BCUT2D eigenvalue weighted by atomic mass is 32.7. The molecule has 0 aromatic rings. The number of amidine groups is 1. The molecule has 1 aliphatic rings. The molecule has 0 saturated heterocycles. The summed E-state index contributed by atoms with van der Waals surface area (Å²) in [4.78, 5) is 0. The summed E-state index contributed by atoms with van der Waals surface area (Å²) in [7, 11) is -3.60. The zero-order chi connectivity index (χ0) is 11.9. The van der Waals surface area contributed by atoms with Crippen LogP contribution in [0.1, 0.15) is 0 Å². The van der Waals surface area contributed by atoms with Gasteiger partial charge in [-0.25, -0.2) is 0 Å². The van der Waals surface area contributed by atoms with E-state index in [-0.39, 0.29) is 5.17 Å². The molecule has 0 saturated carbocycles. The van der Waals surface area contributed by atoms with Gasteiger partial charge >= 0.3 is 7.59 Å². The second-order valence-corrected chi connectivity index (χ2v) is 10.1. The van der Waals surface area contributed by atoms with Crippen molar-refractivity contribution in [2.24, 2.45) is 32.9 Å². The fraction of sp³-hybridized carbons (Fsp3) is 0.500. The van der Waals surface area contributed by atoms with Crippen LogP contribution < -0.4 is 27.8 Å². The van der Waals surface area contributed by atoms with E-state index in [9.17, 15) is 9.13 Å². The Morgan fingerprint density at radius 3 is 2.27 bits per heavy atom. The summed E-state index contributed by atoms with van der Waals surface area (Å²) in [6.45, 7) is -3.36. The van der Waals surface area contributed by atoms with E-state index in [1.165, 1.54) is 0 Å². The molecular formula is C2H11N7O2P2S2. The van der Waals surface area contributed by atoms with Gasteiger partial charge in [0.2, 0.25) is 0 Å². The average molecular weight is 291 g/mol. The van der Waals surface area contributed by atoms with Crippen LogP contribution in [0.25, 0.3) is 0 Å². The van der Waals surface area contributed by atoms with E-state index in [4.69, 9.17) is 27.8 Å². The molecule has 1 unspecified atom stereocenters. The number of nitrogens with zero attached hydrogens (tertiary/aromatic N) is 2. The summed E-state index contributed by atoms with van der Waals surface area (Å²) in [6.07, 6.45) is 0. The molecule has 1 aliphatic heterocycles. The molecular weight excluding hydrogens is 280 g/mol. The van der Waals surface area contributed by atoms with Crippen LogP contribution in [0, 0.1) is 0 Å². The molecule has 0 fully saturated rings. The van der Waals surface area contributed by atoms with Gasteiger partial charge < -0.3 is 5.73 Å². The first kappa shape index (κ1) is 13.3. The maximum absolute atomic E-state index is 11.4. The van der Waals surface area contributed by atoms with E-state index < -0.39 is 18.9 Å². The van der Waals surface area contributed by atoms with Gasteiger partial charge in [-0.3, -0.25) is 31.1 Å². The fourth-order valence-corrected chi connectivity index (χ4v) is 6.80. The Bertz CT molecular complexity index is 373. The van der Waals surface area contributed by atoms with Crippen molar-refractivity contribution in [3.8, 4) is 0 Å². The molecule has 10 N–H and O–H groups in total. The van der Waals surface area contributed by atoms with E-state index in [0.717, 1.165) is 16.5 Å². The second kappa shape index (κ2) is 4.27. The van der Waals surface area contributed by atoms with Gasteiger partial charge in [0, 0.05) is 0 Å². The quantitative estimate of drug-likeness (QED) is 0.418. The molecule has 15 heavy (non-hydrogen) atoms. The Morgan fingerprint density at radius 2 is 1.87 bits per heavy atom. The van der Waals surface area contributed by atoms with Crippen molar-refractivity contribution in [1.82, 2.24) is 4.78 Å². The van der Waals surface area contributed by atoms with Crippen LogP contribution in [0.15, 0.2) is 5.10 Å². The number of hydrogen-bond donors (Lipinski definition) is 5. The SMILES string of the molecule is NC1=NN(P(N)(N)=O)C(SP(N)(N)=O)S1. The molecule has 1 rings (SSSR count). The average Bonchev–Trinajstić information content (AvgIpc) is 2.25. The third kappa shape index (κ3) is 3.97. The highest BCUT2D eigenvalue weighted by molar-refractivity contribution is 8.60. The predicted octanol–water partition coefficient (Wildman–Crippen LogP) is -0.667. The Hall–Kier alpha value is 0.270. The highest BCUT2D eigenvalue weighted by Gasteiger charge is 2.38. The van der Waals surface area contributed by atoms with Gasteiger partial charge in [0.1, 0.15) is 0 Å². The lowest BCUT2D eigenvalue weighted by molar-refractivity contribution is 0.470. The molecule has 0 aromatic carbocycles. The number of rotatable bonds is 3. The molecule has 1 atom stereocenters. The Balaban J connectivity index is 2.85. The van der Waals surface area contributed by atoms with Crippen molar-refractivity contribution >= 4 is 42.6 Å². The van der Waals surface area contributed by atoms with Crippen molar-refractivity contribution in [1.29, 1.82) is 0 Å². The molecule has 88 valence electrons. The minimum atomic E-state index is -3.60. The van der Waals surface area contributed by atoms with Crippen LogP contribution in [0.5, 0.6) is 0 Å². The van der Waals surface area contributed by atoms with Crippen molar-refractivity contribution in [2.75, 3.05) is 0 Å². The third-order valence-electron chi connectivity index (χ3n) is 1.19. The lowest BCUT2D eigenvalue weighted by Gasteiger charge is -2.24. The molecule has 9 nitrogen and oxygen atoms in total. The van der Waals surface area contributed by atoms with Crippen LogP contribution in [-0.4, -0.2) is 14.7 Å². The summed E-state index contributed by atoms with van der Waals surface area (Å²) in [5.74, 6) is 0. The van der Waals surface area contributed by atoms with Gasteiger partial charge in [-0.2, -0.15) is 4.78 Å². The first-order valence-electron chi connectivity index (χ1n) is 3.43. The van der Waals surface area contributed by atoms with Crippen molar-refractivity contribution in [3.05, 3.63) is 0 Å². The minimum Gasteiger partial charge on any atom is -0.377 e. The highest BCUT2D eigenvalue weighted by Crippen LogP contribution is 2.56. The van der Waals surface area contributed by atoms with Gasteiger partial charge in [0.05, 0.1) is 0 Å². The second-order valence-electron chi connectivity index (χ2n) is 2.61.